The van der Waals surface area contributed by atoms with E-state index >= 15 is 0 Å². The summed E-state index contributed by atoms with van der Waals surface area (Å²) in [6.07, 6.45) is 0.389. The van der Waals surface area contributed by atoms with Gasteiger partial charge in [-0.1, -0.05) is 44.2 Å². The van der Waals surface area contributed by atoms with Gasteiger partial charge in [0.05, 0.1) is 24.9 Å². The van der Waals surface area contributed by atoms with Crippen molar-refractivity contribution in [2.45, 2.75) is 51.3 Å². The lowest BCUT2D eigenvalue weighted by atomic mass is 9.73. The monoisotopic (exact) mass is 276 g/mol. The topological polar surface area (TPSA) is 36.9 Å². The van der Waals surface area contributed by atoms with E-state index in [-0.39, 0.29) is 24.4 Å². The highest BCUT2D eigenvalue weighted by molar-refractivity contribution is 5.13. The third-order valence-electron chi connectivity index (χ3n) is 4.81. The molecule has 3 heterocycles. The smallest absolute Gasteiger partial charge is 0.272 e. The Kier molecular flexibility index (Phi) is 3.07. The third kappa shape index (κ3) is 1.91. The van der Waals surface area contributed by atoms with Crippen molar-refractivity contribution in [3.8, 4) is 0 Å². The highest BCUT2D eigenvalue weighted by Crippen LogP contribution is 2.46. The molecule has 4 aliphatic rings. The van der Waals surface area contributed by atoms with Gasteiger partial charge in [0.25, 0.3) is 6.48 Å². The highest BCUT2D eigenvalue weighted by atomic mass is 16.9. The van der Waals surface area contributed by atoms with Gasteiger partial charge in [0.2, 0.25) is 0 Å². The van der Waals surface area contributed by atoms with E-state index in [0.29, 0.717) is 18.4 Å². The van der Waals surface area contributed by atoms with Crippen LogP contribution in [0.15, 0.2) is 30.3 Å². The molecule has 0 amide bonds. The molecule has 0 aromatic heterocycles. The number of hydrogen-bond donors (Lipinski definition) is 0. The number of hydrogen-bond acceptors (Lipinski definition) is 4. The Labute approximate surface area is 119 Å². The maximum absolute atomic E-state index is 6.14. The zero-order valence-corrected chi connectivity index (χ0v) is 11.8. The molecular weight excluding hydrogens is 256 g/mol. The van der Waals surface area contributed by atoms with Crippen LogP contribution in [0.4, 0.5) is 0 Å². The van der Waals surface area contributed by atoms with Crippen LogP contribution < -0.4 is 0 Å². The summed E-state index contributed by atoms with van der Waals surface area (Å²) in [6, 6.07) is 10.2. The van der Waals surface area contributed by atoms with E-state index in [4.69, 9.17) is 18.9 Å². The Balaban J connectivity index is 1.50. The highest BCUT2D eigenvalue weighted by Gasteiger charge is 2.59. The predicted molar refractivity (Wildman–Crippen MR) is 71.8 cm³/mol. The SMILES string of the molecule is CC1C2OC3OC1C(OCc1ccccc1)C(O3)C2C. The van der Waals surface area contributed by atoms with Crippen LogP contribution in [0.2, 0.25) is 0 Å². The maximum atomic E-state index is 6.14. The van der Waals surface area contributed by atoms with Gasteiger partial charge in [-0.3, -0.25) is 0 Å². The second-order valence-corrected chi connectivity index (χ2v) is 6.07. The fourth-order valence-corrected chi connectivity index (χ4v) is 3.73. The average Bonchev–Trinajstić information content (AvgIpc) is 2.48. The van der Waals surface area contributed by atoms with E-state index in [1.54, 1.807) is 0 Å². The van der Waals surface area contributed by atoms with Crippen molar-refractivity contribution in [1.82, 2.24) is 0 Å². The normalized spacial score (nSPS) is 45.8. The molecule has 5 rings (SSSR count). The number of rotatable bonds is 3. The fraction of sp³-hybridized carbons (Fsp3) is 0.625. The first-order valence-corrected chi connectivity index (χ1v) is 7.36. The van der Waals surface area contributed by atoms with Crippen LogP contribution in [0.3, 0.4) is 0 Å². The van der Waals surface area contributed by atoms with Gasteiger partial charge in [-0.15, -0.1) is 0 Å². The van der Waals surface area contributed by atoms with Gasteiger partial charge in [-0.2, -0.15) is 0 Å². The molecule has 4 heteroatoms. The Hall–Kier alpha value is -0.940. The molecule has 4 fully saturated rings. The van der Waals surface area contributed by atoms with E-state index in [9.17, 15) is 0 Å². The minimum absolute atomic E-state index is 0.00314. The lowest BCUT2D eigenvalue weighted by molar-refractivity contribution is -0.473. The molecule has 20 heavy (non-hydrogen) atoms. The average molecular weight is 276 g/mol. The first kappa shape index (κ1) is 12.8. The minimum atomic E-state index is -0.487. The summed E-state index contributed by atoms with van der Waals surface area (Å²) in [4.78, 5) is 0. The van der Waals surface area contributed by atoms with Crippen LogP contribution in [0.25, 0.3) is 0 Å². The van der Waals surface area contributed by atoms with Crippen LogP contribution in [0.1, 0.15) is 19.4 Å². The zero-order valence-electron chi connectivity index (χ0n) is 11.8. The van der Waals surface area contributed by atoms with E-state index in [1.165, 1.54) is 5.56 Å². The van der Waals surface area contributed by atoms with Crippen molar-refractivity contribution < 1.29 is 18.9 Å². The van der Waals surface area contributed by atoms with Crippen LogP contribution in [0, 0.1) is 11.8 Å². The van der Waals surface area contributed by atoms with Gasteiger partial charge < -0.3 is 18.9 Å². The Morgan fingerprint density at radius 1 is 0.900 bits per heavy atom. The quantitative estimate of drug-likeness (QED) is 0.849. The molecule has 4 atom stereocenters. The molecule has 4 bridgehead atoms. The summed E-state index contributed by atoms with van der Waals surface area (Å²) in [5, 5.41) is 0. The molecule has 1 aliphatic carbocycles. The van der Waals surface area contributed by atoms with Crippen molar-refractivity contribution in [2.24, 2.45) is 11.8 Å². The van der Waals surface area contributed by atoms with Crippen molar-refractivity contribution in [1.29, 1.82) is 0 Å². The molecule has 3 saturated heterocycles. The summed E-state index contributed by atoms with van der Waals surface area (Å²) in [5.41, 5.74) is 1.18. The Bertz CT molecular complexity index is 457. The lowest BCUT2D eigenvalue weighted by Gasteiger charge is -2.58. The van der Waals surface area contributed by atoms with E-state index in [1.807, 2.05) is 18.2 Å². The van der Waals surface area contributed by atoms with Gasteiger partial charge >= 0.3 is 0 Å². The summed E-state index contributed by atoms with van der Waals surface area (Å²) >= 11 is 0. The molecule has 1 aromatic rings. The van der Waals surface area contributed by atoms with Crippen molar-refractivity contribution in [2.75, 3.05) is 0 Å². The van der Waals surface area contributed by atoms with Crippen molar-refractivity contribution >= 4 is 0 Å². The fourth-order valence-electron chi connectivity index (χ4n) is 3.73. The summed E-state index contributed by atoms with van der Waals surface area (Å²) < 4.78 is 23.5. The van der Waals surface area contributed by atoms with Gasteiger partial charge in [0.15, 0.2) is 0 Å². The molecule has 1 aromatic carbocycles. The Morgan fingerprint density at radius 3 is 2.15 bits per heavy atom. The zero-order chi connectivity index (χ0) is 13.7. The van der Waals surface area contributed by atoms with Crippen molar-refractivity contribution in [3.05, 3.63) is 35.9 Å². The molecule has 0 N–H and O–H groups in total. The van der Waals surface area contributed by atoms with Crippen LogP contribution in [-0.2, 0) is 25.6 Å². The van der Waals surface area contributed by atoms with E-state index in [2.05, 4.69) is 26.0 Å². The third-order valence-corrected chi connectivity index (χ3v) is 4.81. The van der Waals surface area contributed by atoms with Crippen LogP contribution >= 0.6 is 0 Å². The van der Waals surface area contributed by atoms with Gasteiger partial charge in [0, 0.05) is 11.8 Å². The Morgan fingerprint density at radius 2 is 1.50 bits per heavy atom. The lowest BCUT2D eigenvalue weighted by Crippen LogP contribution is -2.70. The molecular formula is C16H20O4. The first-order chi connectivity index (χ1) is 9.74. The summed E-state index contributed by atoms with van der Waals surface area (Å²) in [6.45, 7) is 4.48. The molecule has 0 radical (unpaired) electrons. The summed E-state index contributed by atoms with van der Waals surface area (Å²) in [7, 11) is 0. The molecule has 1 saturated carbocycles. The molecule has 3 aliphatic heterocycles. The molecule has 108 valence electrons. The largest absolute Gasteiger partial charge is 0.368 e. The first-order valence-electron chi connectivity index (χ1n) is 7.36. The second kappa shape index (κ2) is 4.81. The summed E-state index contributed by atoms with van der Waals surface area (Å²) in [5.74, 6) is 0.698. The molecule has 0 spiro atoms. The number of benzene rings is 1. The maximum Gasteiger partial charge on any atom is 0.272 e. The van der Waals surface area contributed by atoms with Gasteiger partial charge in [-0.25, -0.2) is 0 Å². The second-order valence-electron chi connectivity index (χ2n) is 6.07. The number of ether oxygens (including phenoxy) is 4. The van der Waals surface area contributed by atoms with Gasteiger partial charge in [-0.05, 0) is 5.56 Å². The predicted octanol–water partition coefficient (Wildman–Crippen LogP) is 2.32. The molecule has 4 nitrogen and oxygen atoms in total. The van der Waals surface area contributed by atoms with Gasteiger partial charge in [0.1, 0.15) is 6.10 Å². The molecule has 4 unspecified atom stereocenters. The minimum Gasteiger partial charge on any atom is -0.368 e. The van der Waals surface area contributed by atoms with Crippen molar-refractivity contribution in [3.63, 3.8) is 0 Å². The van der Waals surface area contributed by atoms with Crippen LogP contribution in [-0.4, -0.2) is 30.9 Å². The standard InChI is InChI=1S/C16H20O4/c1-9-12-10(2)14-15(13(9)19-16(18-12)20-14)17-8-11-6-4-3-5-7-11/h3-7,9-10,12-16H,8H2,1-2H3. The van der Waals surface area contributed by atoms with E-state index in [0.717, 1.165) is 0 Å². The van der Waals surface area contributed by atoms with E-state index < -0.39 is 6.48 Å². The van der Waals surface area contributed by atoms with Crippen LogP contribution in [0.5, 0.6) is 0 Å².